The number of carbonyl (C=O) groups excluding carboxylic acids is 1. The van der Waals surface area contributed by atoms with Crippen molar-refractivity contribution in [1.29, 1.82) is 0 Å². The third-order valence-electron chi connectivity index (χ3n) is 6.14. The summed E-state index contributed by atoms with van der Waals surface area (Å²) >= 11 is 0. The zero-order valence-electron chi connectivity index (χ0n) is 17.9. The predicted molar refractivity (Wildman–Crippen MR) is 121 cm³/mol. The predicted octanol–water partition coefficient (Wildman–Crippen LogP) is 4.85. The minimum atomic E-state index is -0.693. The first-order chi connectivity index (χ1) is 16.0. The maximum absolute atomic E-state index is 14.8. The summed E-state index contributed by atoms with van der Waals surface area (Å²) in [5, 5.41) is 3.17. The van der Waals surface area contributed by atoms with Crippen molar-refractivity contribution in [1.82, 2.24) is 14.9 Å². The number of amides is 1. The maximum atomic E-state index is 14.8. The van der Waals surface area contributed by atoms with Crippen molar-refractivity contribution < 1.29 is 13.6 Å². The van der Waals surface area contributed by atoms with Crippen LogP contribution in [-0.2, 0) is 0 Å². The van der Waals surface area contributed by atoms with E-state index < -0.39 is 17.3 Å². The summed E-state index contributed by atoms with van der Waals surface area (Å²) in [4.78, 5) is 31.0. The zero-order chi connectivity index (χ0) is 23.1. The summed E-state index contributed by atoms with van der Waals surface area (Å²) in [5.41, 5.74) is 1.30. The van der Waals surface area contributed by atoms with Crippen LogP contribution in [0, 0.1) is 24.5 Å². The number of nitrogens with zero attached hydrogens (tertiary/aromatic N) is 2. The Balaban J connectivity index is 1.67. The van der Waals surface area contributed by atoms with Crippen LogP contribution in [0.2, 0.25) is 0 Å². The molecule has 1 saturated carbocycles. The molecule has 2 aromatic heterocycles. The fourth-order valence-corrected chi connectivity index (χ4v) is 4.39. The number of fused-ring (bicyclic) bond motifs is 1. The molecular weight excluding hydrogens is 424 g/mol. The van der Waals surface area contributed by atoms with E-state index in [1.54, 1.807) is 43.5 Å². The van der Waals surface area contributed by atoms with Crippen LogP contribution in [0.15, 0.2) is 71.8 Å². The Morgan fingerprint density at radius 3 is 2.52 bits per heavy atom. The second-order valence-corrected chi connectivity index (χ2v) is 8.31. The van der Waals surface area contributed by atoms with E-state index >= 15 is 0 Å². The largest absolute Gasteiger partial charge is 0.345 e. The zero-order valence-corrected chi connectivity index (χ0v) is 17.9. The second-order valence-electron chi connectivity index (χ2n) is 8.31. The van der Waals surface area contributed by atoms with Crippen LogP contribution in [0.4, 0.5) is 8.78 Å². The van der Waals surface area contributed by atoms with Gasteiger partial charge in [0.15, 0.2) is 0 Å². The third-order valence-corrected chi connectivity index (χ3v) is 6.14. The lowest BCUT2D eigenvalue weighted by Gasteiger charge is -2.22. The minimum absolute atomic E-state index is 0.151. The highest BCUT2D eigenvalue weighted by Crippen LogP contribution is 2.41. The molecule has 0 radical (unpaired) electrons. The summed E-state index contributed by atoms with van der Waals surface area (Å²) in [6.45, 7) is 1.66. The molecule has 4 aromatic rings. The van der Waals surface area contributed by atoms with E-state index in [0.717, 1.165) is 18.4 Å². The van der Waals surface area contributed by atoms with Crippen molar-refractivity contribution in [3.63, 3.8) is 0 Å². The molecule has 1 fully saturated rings. The fourth-order valence-electron chi connectivity index (χ4n) is 4.39. The van der Waals surface area contributed by atoms with Crippen molar-refractivity contribution >= 4 is 16.7 Å². The summed E-state index contributed by atoms with van der Waals surface area (Å²) in [5.74, 6) is -1.21. The van der Waals surface area contributed by atoms with Gasteiger partial charge in [-0.05, 0) is 61.6 Å². The van der Waals surface area contributed by atoms with E-state index in [4.69, 9.17) is 0 Å². The lowest BCUT2D eigenvalue weighted by molar-refractivity contribution is 0.0932. The molecule has 2 aromatic carbocycles. The molecule has 0 aliphatic heterocycles. The number of rotatable bonds is 5. The van der Waals surface area contributed by atoms with Gasteiger partial charge in [-0.2, -0.15) is 0 Å². The SMILES string of the molecule is Cc1c(C(=O)NC(c2ccc(F)cc2)C2CC2)c2cccc(F)c2c(=O)n1-c1cccnc1. The Morgan fingerprint density at radius 2 is 1.85 bits per heavy atom. The lowest BCUT2D eigenvalue weighted by Crippen LogP contribution is -2.33. The molecule has 1 N–H and O–H groups in total. The highest BCUT2D eigenvalue weighted by molar-refractivity contribution is 6.08. The Kier molecular flexibility index (Phi) is 5.24. The first-order valence-electron chi connectivity index (χ1n) is 10.8. The molecule has 1 aliphatic rings. The molecule has 1 amide bonds. The van der Waals surface area contributed by atoms with Crippen LogP contribution in [0.1, 0.15) is 40.5 Å². The second kappa shape index (κ2) is 8.24. The van der Waals surface area contributed by atoms with Gasteiger partial charge in [-0.3, -0.25) is 19.1 Å². The normalized spacial score (nSPS) is 14.3. The standard InChI is InChI=1S/C26H21F2N3O2/c1-15-22(25(32)30-24(16-7-8-16)17-9-11-18(27)12-10-17)20-5-2-6-21(28)23(20)26(33)31(15)19-4-3-13-29-14-19/h2-6,9-14,16,24H,7-8H2,1H3,(H,30,32). The minimum Gasteiger partial charge on any atom is -0.345 e. The third kappa shape index (κ3) is 3.80. The molecule has 2 heterocycles. The van der Waals surface area contributed by atoms with Gasteiger partial charge in [-0.15, -0.1) is 0 Å². The van der Waals surface area contributed by atoms with E-state index in [1.165, 1.54) is 35.0 Å². The number of nitrogens with one attached hydrogen (secondary N) is 1. The Morgan fingerprint density at radius 1 is 1.09 bits per heavy atom. The first kappa shape index (κ1) is 21.0. The van der Waals surface area contributed by atoms with Gasteiger partial charge >= 0.3 is 0 Å². The Bertz CT molecular complexity index is 1410. The molecule has 0 spiro atoms. The molecule has 0 saturated heterocycles. The summed E-state index contributed by atoms with van der Waals surface area (Å²) in [7, 11) is 0. The van der Waals surface area contributed by atoms with Gasteiger partial charge in [0.2, 0.25) is 0 Å². The van der Waals surface area contributed by atoms with Crippen molar-refractivity contribution in [3.05, 3.63) is 106 Å². The van der Waals surface area contributed by atoms with Crippen LogP contribution in [0.25, 0.3) is 16.5 Å². The van der Waals surface area contributed by atoms with Crippen molar-refractivity contribution in [2.75, 3.05) is 0 Å². The number of benzene rings is 2. The summed E-state index contributed by atoms with van der Waals surface area (Å²) in [6.07, 6.45) is 4.97. The van der Waals surface area contributed by atoms with E-state index in [1.807, 2.05) is 0 Å². The smallest absolute Gasteiger partial charge is 0.266 e. The molecule has 1 atom stereocenters. The monoisotopic (exact) mass is 445 g/mol. The topological polar surface area (TPSA) is 64.0 Å². The lowest BCUT2D eigenvalue weighted by atomic mass is 9.99. The van der Waals surface area contributed by atoms with Gasteiger partial charge in [0.25, 0.3) is 11.5 Å². The van der Waals surface area contributed by atoms with Gasteiger partial charge in [-0.1, -0.05) is 24.3 Å². The molecule has 33 heavy (non-hydrogen) atoms. The molecule has 5 rings (SSSR count). The van der Waals surface area contributed by atoms with Crippen LogP contribution >= 0.6 is 0 Å². The molecule has 1 aliphatic carbocycles. The van der Waals surface area contributed by atoms with Crippen LogP contribution in [0.3, 0.4) is 0 Å². The van der Waals surface area contributed by atoms with Gasteiger partial charge in [-0.25, -0.2) is 8.78 Å². The average molecular weight is 445 g/mol. The maximum Gasteiger partial charge on any atom is 0.266 e. The van der Waals surface area contributed by atoms with Crippen LogP contribution < -0.4 is 10.9 Å². The first-order valence-corrected chi connectivity index (χ1v) is 10.8. The highest BCUT2D eigenvalue weighted by atomic mass is 19.1. The van der Waals surface area contributed by atoms with Gasteiger partial charge < -0.3 is 5.32 Å². The molecule has 1 unspecified atom stereocenters. The quantitative estimate of drug-likeness (QED) is 0.478. The molecule has 166 valence electrons. The van der Waals surface area contributed by atoms with E-state index in [-0.39, 0.29) is 34.1 Å². The van der Waals surface area contributed by atoms with Gasteiger partial charge in [0, 0.05) is 17.3 Å². The average Bonchev–Trinajstić information content (AvgIpc) is 3.64. The highest BCUT2D eigenvalue weighted by Gasteiger charge is 2.34. The molecule has 0 bridgehead atoms. The van der Waals surface area contributed by atoms with Gasteiger partial charge in [0.05, 0.1) is 28.9 Å². The number of hydrogen-bond donors (Lipinski definition) is 1. The number of pyridine rings is 2. The van der Waals surface area contributed by atoms with Crippen molar-refractivity contribution in [2.45, 2.75) is 25.8 Å². The summed E-state index contributed by atoms with van der Waals surface area (Å²) in [6, 6.07) is 13.4. The van der Waals surface area contributed by atoms with Gasteiger partial charge in [0.1, 0.15) is 11.6 Å². The van der Waals surface area contributed by atoms with E-state index in [0.29, 0.717) is 11.4 Å². The Labute approximate surface area is 188 Å². The van der Waals surface area contributed by atoms with Crippen LogP contribution in [0.5, 0.6) is 0 Å². The Hall–Kier alpha value is -3.87. The molecule has 7 heteroatoms. The number of hydrogen-bond acceptors (Lipinski definition) is 3. The van der Waals surface area contributed by atoms with Crippen molar-refractivity contribution in [2.24, 2.45) is 5.92 Å². The van der Waals surface area contributed by atoms with Crippen molar-refractivity contribution in [3.8, 4) is 5.69 Å². The number of carbonyl (C=O) groups is 1. The van der Waals surface area contributed by atoms with Crippen LogP contribution in [-0.4, -0.2) is 15.5 Å². The number of aromatic nitrogens is 2. The molecule has 5 nitrogen and oxygen atoms in total. The summed E-state index contributed by atoms with van der Waals surface area (Å²) < 4.78 is 29.6. The van der Waals surface area contributed by atoms with E-state index in [9.17, 15) is 18.4 Å². The fraction of sp³-hybridized carbons (Fsp3) is 0.192. The van der Waals surface area contributed by atoms with E-state index in [2.05, 4.69) is 10.3 Å². The number of halogens is 2. The molecular formula is C26H21F2N3O2.